The number of carboxylic acid groups (broad SMARTS) is 1. The van der Waals surface area contributed by atoms with Crippen LogP contribution in [0.2, 0.25) is 0 Å². The van der Waals surface area contributed by atoms with E-state index >= 15 is 0 Å². The Morgan fingerprint density at radius 2 is 1.35 bits per heavy atom. The van der Waals surface area contributed by atoms with Gasteiger partial charge in [-0.2, -0.15) is 0 Å². The van der Waals surface area contributed by atoms with Crippen LogP contribution in [0.1, 0.15) is 37.8 Å². The van der Waals surface area contributed by atoms with Gasteiger partial charge in [-0.1, -0.05) is 74.5 Å². The summed E-state index contributed by atoms with van der Waals surface area (Å²) in [6, 6.07) is 15.9. The van der Waals surface area contributed by atoms with Crippen LogP contribution in [-0.2, 0) is 37.1 Å². The van der Waals surface area contributed by atoms with Crippen molar-refractivity contribution in [2.75, 3.05) is 0 Å². The summed E-state index contributed by atoms with van der Waals surface area (Å²) in [5, 5.41) is 14.0. The number of ether oxygens (including phenoxy) is 2. The third-order valence-electron chi connectivity index (χ3n) is 4.91. The van der Waals surface area contributed by atoms with Crippen LogP contribution < -0.4 is 10.6 Å². The lowest BCUT2D eigenvalue weighted by molar-refractivity contribution is -0.150. The molecule has 0 aliphatic carbocycles. The molecular formula is C25H30N2O7. The van der Waals surface area contributed by atoms with Crippen molar-refractivity contribution in [2.45, 2.75) is 52.0 Å². The Bertz CT molecular complexity index is 948. The molecule has 2 aromatic rings. The lowest BCUT2D eigenvalue weighted by atomic mass is 10.0. The normalized spacial score (nSPS) is 12.3. The number of carboxylic acids is 1. The van der Waals surface area contributed by atoms with Crippen molar-refractivity contribution in [1.29, 1.82) is 0 Å². The van der Waals surface area contributed by atoms with E-state index in [1.165, 1.54) is 0 Å². The number of benzene rings is 2. The SMILES string of the molecule is CC(C)[C@H](NC(=O)[C@H](CCC(=O)O)NC(=O)OCc1ccccc1)C(=O)OCc1ccccc1. The van der Waals surface area contributed by atoms with Crippen molar-refractivity contribution in [3.05, 3.63) is 71.8 Å². The van der Waals surface area contributed by atoms with Crippen molar-refractivity contribution >= 4 is 23.9 Å². The lowest BCUT2D eigenvalue weighted by Crippen LogP contribution is -2.53. The quantitative estimate of drug-likeness (QED) is 0.406. The first-order valence-electron chi connectivity index (χ1n) is 11.0. The van der Waals surface area contributed by atoms with Gasteiger partial charge in [0.15, 0.2) is 0 Å². The Hall–Kier alpha value is -3.88. The summed E-state index contributed by atoms with van der Waals surface area (Å²) in [7, 11) is 0. The highest BCUT2D eigenvalue weighted by atomic mass is 16.5. The molecule has 0 aliphatic heterocycles. The van der Waals surface area contributed by atoms with Gasteiger partial charge in [0.25, 0.3) is 0 Å². The fourth-order valence-corrected chi connectivity index (χ4v) is 3.01. The number of esters is 1. The van der Waals surface area contributed by atoms with Gasteiger partial charge in [-0.15, -0.1) is 0 Å². The van der Waals surface area contributed by atoms with Crippen molar-refractivity contribution in [3.63, 3.8) is 0 Å². The Morgan fingerprint density at radius 1 is 0.824 bits per heavy atom. The molecule has 2 amide bonds. The maximum absolute atomic E-state index is 12.9. The molecule has 0 saturated carbocycles. The Morgan fingerprint density at radius 3 is 1.85 bits per heavy atom. The summed E-state index contributed by atoms with van der Waals surface area (Å²) in [6.45, 7) is 3.51. The van der Waals surface area contributed by atoms with E-state index in [1.807, 2.05) is 36.4 Å². The van der Waals surface area contributed by atoms with Crippen LogP contribution in [0.15, 0.2) is 60.7 Å². The van der Waals surface area contributed by atoms with Gasteiger partial charge in [-0.25, -0.2) is 9.59 Å². The minimum absolute atomic E-state index is 0.0135. The average Bonchev–Trinajstić information content (AvgIpc) is 2.83. The second-order valence-corrected chi connectivity index (χ2v) is 8.01. The Labute approximate surface area is 198 Å². The third kappa shape index (κ3) is 9.32. The topological polar surface area (TPSA) is 131 Å². The molecule has 3 N–H and O–H groups in total. The summed E-state index contributed by atoms with van der Waals surface area (Å²) in [5.41, 5.74) is 1.55. The van der Waals surface area contributed by atoms with Gasteiger partial charge >= 0.3 is 18.0 Å². The largest absolute Gasteiger partial charge is 0.481 e. The van der Waals surface area contributed by atoms with Crippen molar-refractivity contribution in [2.24, 2.45) is 5.92 Å². The number of carbonyl (C=O) groups excluding carboxylic acids is 3. The molecule has 0 unspecified atom stereocenters. The zero-order valence-corrected chi connectivity index (χ0v) is 19.2. The molecule has 0 saturated heterocycles. The van der Waals surface area contributed by atoms with E-state index in [-0.39, 0.29) is 32.0 Å². The minimum Gasteiger partial charge on any atom is -0.481 e. The van der Waals surface area contributed by atoms with Gasteiger partial charge in [0.05, 0.1) is 0 Å². The highest BCUT2D eigenvalue weighted by Crippen LogP contribution is 2.09. The van der Waals surface area contributed by atoms with Crippen LogP contribution in [-0.4, -0.2) is 41.1 Å². The van der Waals surface area contributed by atoms with Gasteiger partial charge in [-0.3, -0.25) is 9.59 Å². The van der Waals surface area contributed by atoms with Crippen LogP contribution in [0.3, 0.4) is 0 Å². The van der Waals surface area contributed by atoms with Gasteiger partial charge in [-0.05, 0) is 23.5 Å². The number of hydrogen-bond acceptors (Lipinski definition) is 6. The van der Waals surface area contributed by atoms with Crippen molar-refractivity contribution in [3.8, 4) is 0 Å². The molecule has 0 heterocycles. The molecule has 0 fully saturated rings. The van der Waals surface area contributed by atoms with Crippen molar-refractivity contribution < 1.29 is 33.8 Å². The number of aliphatic carboxylic acids is 1. The summed E-state index contributed by atoms with van der Waals surface area (Å²) >= 11 is 0. The van der Waals surface area contributed by atoms with E-state index in [2.05, 4.69) is 10.6 Å². The number of alkyl carbamates (subject to hydrolysis) is 1. The number of rotatable bonds is 12. The maximum atomic E-state index is 12.9. The maximum Gasteiger partial charge on any atom is 0.408 e. The van der Waals surface area contributed by atoms with Crippen LogP contribution in [0.4, 0.5) is 4.79 Å². The molecule has 9 heteroatoms. The molecule has 0 radical (unpaired) electrons. The van der Waals surface area contributed by atoms with Crippen LogP contribution in [0.25, 0.3) is 0 Å². The predicted molar refractivity (Wildman–Crippen MR) is 123 cm³/mol. The van der Waals surface area contributed by atoms with Gasteiger partial charge in [0, 0.05) is 6.42 Å². The zero-order valence-electron chi connectivity index (χ0n) is 19.2. The summed E-state index contributed by atoms with van der Waals surface area (Å²) in [4.78, 5) is 48.8. The molecule has 0 aliphatic rings. The molecule has 0 bridgehead atoms. The zero-order chi connectivity index (χ0) is 24.9. The summed E-state index contributed by atoms with van der Waals surface area (Å²) in [5.74, 6) is -2.76. The second-order valence-electron chi connectivity index (χ2n) is 8.01. The molecule has 2 aromatic carbocycles. The summed E-state index contributed by atoms with van der Waals surface area (Å²) < 4.78 is 10.5. The second kappa shape index (κ2) is 13.6. The van der Waals surface area contributed by atoms with E-state index in [4.69, 9.17) is 14.6 Å². The molecule has 0 spiro atoms. The molecule has 34 heavy (non-hydrogen) atoms. The Balaban J connectivity index is 1.98. The van der Waals surface area contributed by atoms with E-state index in [0.717, 1.165) is 11.1 Å². The first-order valence-corrected chi connectivity index (χ1v) is 11.0. The number of hydrogen-bond donors (Lipinski definition) is 3. The average molecular weight is 471 g/mol. The third-order valence-corrected chi connectivity index (χ3v) is 4.91. The molecule has 9 nitrogen and oxygen atoms in total. The molecular weight excluding hydrogens is 440 g/mol. The van der Waals surface area contributed by atoms with Crippen LogP contribution in [0.5, 0.6) is 0 Å². The number of amides is 2. The number of nitrogens with one attached hydrogen (secondary N) is 2. The molecule has 2 rings (SSSR count). The number of carbonyl (C=O) groups is 4. The van der Waals surface area contributed by atoms with Gasteiger partial charge in [0.2, 0.25) is 5.91 Å². The first-order chi connectivity index (χ1) is 16.3. The van der Waals surface area contributed by atoms with Crippen LogP contribution in [0, 0.1) is 5.92 Å². The Kier molecular flexibility index (Phi) is 10.6. The van der Waals surface area contributed by atoms with E-state index in [1.54, 1.807) is 38.1 Å². The fraction of sp³-hybridized carbons (Fsp3) is 0.360. The smallest absolute Gasteiger partial charge is 0.408 e. The standard InChI is InChI=1S/C25H30N2O7/c1-17(2)22(24(31)33-15-18-9-5-3-6-10-18)27-23(30)20(13-14-21(28)29)26-25(32)34-16-19-11-7-4-8-12-19/h3-12,17,20,22H,13-16H2,1-2H3,(H,26,32)(H,27,30)(H,28,29)/t20-,22-/m0/s1. The van der Waals surface area contributed by atoms with E-state index in [0.29, 0.717) is 0 Å². The highest BCUT2D eigenvalue weighted by Gasteiger charge is 2.30. The molecule has 0 aromatic heterocycles. The van der Waals surface area contributed by atoms with Crippen molar-refractivity contribution in [1.82, 2.24) is 10.6 Å². The monoisotopic (exact) mass is 470 g/mol. The molecule has 2 atom stereocenters. The first kappa shape index (κ1) is 26.4. The summed E-state index contributed by atoms with van der Waals surface area (Å²) in [6.07, 6.45) is -1.41. The lowest BCUT2D eigenvalue weighted by Gasteiger charge is -2.24. The van der Waals surface area contributed by atoms with E-state index in [9.17, 15) is 19.2 Å². The minimum atomic E-state index is -1.21. The van der Waals surface area contributed by atoms with Crippen LogP contribution >= 0.6 is 0 Å². The van der Waals surface area contributed by atoms with Gasteiger partial charge < -0.3 is 25.2 Å². The fourth-order valence-electron chi connectivity index (χ4n) is 3.01. The predicted octanol–water partition coefficient (Wildman–Crippen LogP) is 3.03. The molecule has 182 valence electrons. The highest BCUT2D eigenvalue weighted by molar-refractivity contribution is 5.90. The van der Waals surface area contributed by atoms with Gasteiger partial charge in [0.1, 0.15) is 25.3 Å². The van der Waals surface area contributed by atoms with E-state index < -0.39 is 36.0 Å².